The van der Waals surface area contributed by atoms with E-state index in [1.54, 1.807) is 7.11 Å². The molecule has 1 aliphatic rings. The van der Waals surface area contributed by atoms with Gasteiger partial charge in [0.2, 0.25) is 0 Å². The van der Waals surface area contributed by atoms with Crippen LogP contribution in [0.4, 0.5) is 0 Å². The fourth-order valence-corrected chi connectivity index (χ4v) is 4.14. The number of aryl methyl sites for hydroxylation is 2. The number of ether oxygens (including phenoxy) is 1. The Morgan fingerprint density at radius 1 is 0.935 bits per heavy atom. The highest BCUT2D eigenvalue weighted by atomic mass is 16.5. The van der Waals surface area contributed by atoms with E-state index in [1.165, 1.54) is 30.4 Å². The minimum Gasteiger partial charge on any atom is -0.497 e. The lowest BCUT2D eigenvalue weighted by Gasteiger charge is -2.20. The molecule has 1 amide bonds. The van der Waals surface area contributed by atoms with Crippen molar-refractivity contribution in [3.63, 3.8) is 0 Å². The molecule has 0 aliphatic heterocycles. The van der Waals surface area contributed by atoms with Crippen molar-refractivity contribution in [2.45, 2.75) is 38.6 Å². The molecule has 0 radical (unpaired) electrons. The summed E-state index contributed by atoms with van der Waals surface area (Å²) in [5.41, 5.74) is 6.55. The van der Waals surface area contributed by atoms with Gasteiger partial charge in [-0.25, -0.2) is 0 Å². The van der Waals surface area contributed by atoms with Crippen LogP contribution in [0.1, 0.15) is 53.6 Å². The minimum absolute atomic E-state index is 0.0669. The van der Waals surface area contributed by atoms with Gasteiger partial charge in [-0.1, -0.05) is 60.7 Å². The van der Waals surface area contributed by atoms with E-state index < -0.39 is 0 Å². The number of carbonyl (C=O) groups is 1. The van der Waals surface area contributed by atoms with E-state index in [1.807, 2.05) is 60.7 Å². The molecule has 0 heterocycles. The molecule has 4 rings (SSSR count). The third-order valence-electron chi connectivity index (χ3n) is 5.98. The maximum atomic E-state index is 13.3. The summed E-state index contributed by atoms with van der Waals surface area (Å²) in [5.74, 6) is 0.719. The van der Waals surface area contributed by atoms with Crippen LogP contribution in [0, 0.1) is 0 Å². The number of hydrogen-bond donors (Lipinski definition) is 1. The highest BCUT2D eigenvalue weighted by Gasteiger charge is 2.17. The Bertz CT molecular complexity index is 1070. The van der Waals surface area contributed by atoms with Crippen LogP contribution < -0.4 is 10.1 Å². The molecule has 3 aromatic rings. The molecule has 0 fully saturated rings. The largest absolute Gasteiger partial charge is 0.497 e. The number of fused-ring (bicyclic) bond motifs is 1. The molecule has 1 atom stereocenters. The summed E-state index contributed by atoms with van der Waals surface area (Å²) in [4.78, 5) is 13.3. The van der Waals surface area contributed by atoms with Gasteiger partial charge < -0.3 is 10.1 Å². The molecule has 3 nitrogen and oxygen atoms in total. The fourth-order valence-electron chi connectivity index (χ4n) is 4.14. The molecule has 0 saturated heterocycles. The van der Waals surface area contributed by atoms with Crippen LogP contribution >= 0.6 is 0 Å². The molecule has 1 N–H and O–H groups in total. The zero-order valence-corrected chi connectivity index (χ0v) is 18.2. The third-order valence-corrected chi connectivity index (χ3v) is 5.98. The van der Waals surface area contributed by atoms with Crippen molar-refractivity contribution >= 4 is 17.6 Å². The average Bonchev–Trinajstić information content (AvgIpc) is 2.83. The SMILES string of the molecule is COc1ccc(/C=C(/C(=O)N[C@@H](C)c2ccc3c(c2)CCCC3)c2ccccc2)cc1. The summed E-state index contributed by atoms with van der Waals surface area (Å²) in [7, 11) is 1.65. The van der Waals surface area contributed by atoms with Gasteiger partial charge in [0, 0.05) is 5.57 Å². The van der Waals surface area contributed by atoms with Crippen LogP contribution in [0.25, 0.3) is 11.6 Å². The lowest BCUT2D eigenvalue weighted by atomic mass is 9.89. The first kappa shape index (κ1) is 20.9. The zero-order valence-electron chi connectivity index (χ0n) is 18.2. The van der Waals surface area contributed by atoms with Gasteiger partial charge in [0.15, 0.2) is 0 Å². The average molecular weight is 412 g/mol. The van der Waals surface area contributed by atoms with E-state index in [-0.39, 0.29) is 11.9 Å². The third kappa shape index (κ3) is 5.05. The number of benzene rings is 3. The molecule has 3 heteroatoms. The molecular formula is C28H29NO2. The van der Waals surface area contributed by atoms with Crippen molar-refractivity contribution in [1.29, 1.82) is 0 Å². The summed E-state index contributed by atoms with van der Waals surface area (Å²) < 4.78 is 5.25. The summed E-state index contributed by atoms with van der Waals surface area (Å²) in [6.07, 6.45) is 6.76. The number of amides is 1. The van der Waals surface area contributed by atoms with Crippen LogP contribution in [0.2, 0.25) is 0 Å². The molecule has 0 spiro atoms. The van der Waals surface area contributed by atoms with Crippen LogP contribution in [0.3, 0.4) is 0 Å². The Labute approximate surface area is 184 Å². The summed E-state index contributed by atoms with van der Waals surface area (Å²) in [6, 6.07) is 24.1. The van der Waals surface area contributed by atoms with E-state index in [0.29, 0.717) is 5.57 Å². The van der Waals surface area contributed by atoms with Crippen molar-refractivity contribution in [3.05, 3.63) is 101 Å². The number of hydrogen-bond acceptors (Lipinski definition) is 2. The van der Waals surface area contributed by atoms with Gasteiger partial charge in [-0.2, -0.15) is 0 Å². The Kier molecular flexibility index (Phi) is 6.51. The second-order valence-corrected chi connectivity index (χ2v) is 8.13. The van der Waals surface area contributed by atoms with Crippen molar-refractivity contribution in [3.8, 4) is 5.75 Å². The van der Waals surface area contributed by atoms with Gasteiger partial charge in [-0.15, -0.1) is 0 Å². The van der Waals surface area contributed by atoms with Crippen molar-refractivity contribution < 1.29 is 9.53 Å². The summed E-state index contributed by atoms with van der Waals surface area (Å²) >= 11 is 0. The Morgan fingerprint density at radius 2 is 1.65 bits per heavy atom. The predicted molar refractivity (Wildman–Crippen MR) is 127 cm³/mol. The van der Waals surface area contributed by atoms with E-state index in [0.717, 1.165) is 28.9 Å². The summed E-state index contributed by atoms with van der Waals surface area (Å²) in [5, 5.41) is 3.21. The van der Waals surface area contributed by atoms with Gasteiger partial charge in [0.25, 0.3) is 5.91 Å². The molecule has 1 aliphatic carbocycles. The smallest absolute Gasteiger partial charge is 0.252 e. The molecule has 0 unspecified atom stereocenters. The van der Waals surface area contributed by atoms with E-state index >= 15 is 0 Å². The monoisotopic (exact) mass is 411 g/mol. The Balaban J connectivity index is 1.59. The Morgan fingerprint density at radius 3 is 2.35 bits per heavy atom. The van der Waals surface area contributed by atoms with Crippen molar-refractivity contribution in [2.75, 3.05) is 7.11 Å². The lowest BCUT2D eigenvalue weighted by Crippen LogP contribution is -2.27. The second-order valence-electron chi connectivity index (χ2n) is 8.13. The van der Waals surface area contributed by atoms with Crippen LogP contribution in [0.5, 0.6) is 5.75 Å². The predicted octanol–water partition coefficient (Wildman–Crippen LogP) is 5.99. The fraction of sp³-hybridized carbons (Fsp3) is 0.250. The van der Waals surface area contributed by atoms with Gasteiger partial charge >= 0.3 is 0 Å². The van der Waals surface area contributed by atoms with Gasteiger partial charge in [0.05, 0.1) is 13.2 Å². The first-order valence-corrected chi connectivity index (χ1v) is 11.0. The number of nitrogens with one attached hydrogen (secondary N) is 1. The van der Waals surface area contributed by atoms with Gasteiger partial charge in [-0.3, -0.25) is 4.79 Å². The van der Waals surface area contributed by atoms with Crippen LogP contribution in [0.15, 0.2) is 72.8 Å². The topological polar surface area (TPSA) is 38.3 Å². The highest BCUT2D eigenvalue weighted by molar-refractivity contribution is 6.24. The lowest BCUT2D eigenvalue weighted by molar-refractivity contribution is -0.116. The van der Waals surface area contributed by atoms with E-state index in [2.05, 4.69) is 30.4 Å². The first-order chi connectivity index (χ1) is 15.1. The molecule has 0 aromatic heterocycles. The van der Waals surface area contributed by atoms with E-state index in [4.69, 9.17) is 4.74 Å². The quantitative estimate of drug-likeness (QED) is 0.399. The van der Waals surface area contributed by atoms with E-state index in [9.17, 15) is 4.79 Å². The molecule has 158 valence electrons. The highest BCUT2D eigenvalue weighted by Crippen LogP contribution is 2.26. The molecular weight excluding hydrogens is 382 g/mol. The molecule has 31 heavy (non-hydrogen) atoms. The van der Waals surface area contributed by atoms with Crippen molar-refractivity contribution in [1.82, 2.24) is 5.32 Å². The van der Waals surface area contributed by atoms with Gasteiger partial charge in [-0.05, 0) is 78.6 Å². The number of rotatable bonds is 6. The normalized spacial score (nSPS) is 14.5. The summed E-state index contributed by atoms with van der Waals surface area (Å²) in [6.45, 7) is 2.05. The molecule has 0 bridgehead atoms. The minimum atomic E-state index is -0.0766. The standard InChI is InChI=1S/C28H29NO2/c1-20(24-15-14-22-8-6-7-11-25(22)19-24)29-28(30)27(23-9-4-3-5-10-23)18-21-12-16-26(31-2)17-13-21/h3-5,9-10,12-20H,6-8,11H2,1-2H3,(H,29,30)/b27-18+/t20-/m0/s1. The maximum Gasteiger partial charge on any atom is 0.252 e. The first-order valence-electron chi connectivity index (χ1n) is 11.0. The van der Waals surface area contributed by atoms with Crippen molar-refractivity contribution in [2.24, 2.45) is 0 Å². The Hall–Kier alpha value is -3.33. The van der Waals surface area contributed by atoms with Gasteiger partial charge in [0.1, 0.15) is 5.75 Å². The van der Waals surface area contributed by atoms with Crippen LogP contribution in [-0.4, -0.2) is 13.0 Å². The number of methoxy groups -OCH3 is 1. The zero-order chi connectivity index (χ0) is 21.6. The maximum absolute atomic E-state index is 13.3. The second kappa shape index (κ2) is 9.65. The van der Waals surface area contributed by atoms with Crippen LogP contribution in [-0.2, 0) is 17.6 Å². The number of carbonyl (C=O) groups excluding carboxylic acids is 1. The molecule has 0 saturated carbocycles. The molecule has 3 aromatic carbocycles.